The second-order valence-corrected chi connectivity index (χ2v) is 61.5. The van der Waals surface area contributed by atoms with Gasteiger partial charge in [-0.05, 0) is 180 Å². The third-order valence-corrected chi connectivity index (χ3v) is 24.8. The summed E-state index contributed by atoms with van der Waals surface area (Å²) in [7, 11) is 0. The maximum atomic E-state index is 5.10. The van der Waals surface area contributed by atoms with Gasteiger partial charge in [-0.25, -0.2) is 4.99 Å². The normalized spacial score (nSPS) is 19.7. The maximum absolute atomic E-state index is 5.10. The summed E-state index contributed by atoms with van der Waals surface area (Å²) in [4.78, 5) is 50.4. The molecule has 2 aromatic heterocycles. The molecule has 0 fully saturated rings. The number of fused-ring (bicyclic) bond motifs is 5. The van der Waals surface area contributed by atoms with Gasteiger partial charge in [-0.3, -0.25) is 28.6 Å². The SMILES string of the molecule is CC(C)(C)[CH-]C(N(C1=C[N+]2=C(C(C)(C)C)C=CC2N=[C-]1)C(C)(C)C)C(C)(C)C.CC(C)(C)[CH-]C(N(C1=C[N+]2=C(C(C)(C)C)N=CC2N=[C-]1)C(C)(C)C)C(C)(C)C.CC(C)(C)[CH-]C(N(C1=NC2=C(C(C)(C)C)C=NC2N=[C-]1)C(C)(C)C)C(C)(C)C.CC(C)(C)[CH-]C(N(C1=N[N+]2=C(C(C)(C)C)C=NC2C=[C-]1)C(C)(C)C)C(C)(C)C.CC(C)(C)[CH-]C(N(c1[c-]cn2ncc(C(C)(C)C)c2n1)C(C)(C)C)C(C)(C)C.[Y].[Y].[Y].[Y].[Y]. The molecule has 8 aliphatic rings. The van der Waals surface area contributed by atoms with Crippen LogP contribution in [0.3, 0.4) is 0 Å². The van der Waals surface area contributed by atoms with Crippen molar-refractivity contribution in [3.8, 4) is 0 Å². The van der Waals surface area contributed by atoms with Gasteiger partial charge in [0.1, 0.15) is 6.17 Å². The Balaban J connectivity index is 0.000000899. The Morgan fingerprint density at radius 3 is 1.08 bits per heavy atom. The summed E-state index contributed by atoms with van der Waals surface area (Å²) in [5.74, 6) is 3.63. The number of hydrogen-bond acceptors (Lipinski definition) is 15. The zero-order chi connectivity index (χ0) is 109. The molecule has 2 aromatic rings. The van der Waals surface area contributed by atoms with Crippen LogP contribution in [-0.2, 0) is 169 Å². The van der Waals surface area contributed by atoms with Crippen LogP contribution in [0.25, 0.3) is 5.65 Å². The van der Waals surface area contributed by atoms with Crippen LogP contribution >= 0.6 is 0 Å². The van der Waals surface area contributed by atoms with Gasteiger partial charge in [0.25, 0.3) is 12.0 Å². The summed E-state index contributed by atoms with van der Waals surface area (Å²) in [6.45, 7) is 136. The number of anilines is 1. The predicted octanol–water partition coefficient (Wildman–Crippen LogP) is 28.6. The number of allylic oxidation sites excluding steroid dienone is 4. The molecule has 8 aliphatic heterocycles. The number of aromatic nitrogens is 3. The Morgan fingerprint density at radius 2 is 0.731 bits per heavy atom. The number of hydrogen-bond donors (Lipinski definition) is 0. The van der Waals surface area contributed by atoms with Crippen molar-refractivity contribution in [1.82, 2.24) is 34.2 Å². The third kappa shape index (κ3) is 40.4. The molecule has 145 heavy (non-hydrogen) atoms. The quantitative estimate of drug-likeness (QED) is 0.143. The van der Waals surface area contributed by atoms with Gasteiger partial charge in [0, 0.05) is 232 Å². The fraction of sp³-hybridized carbons (Fsp3) is 0.736. The molecule has 19 nitrogen and oxygen atoms in total. The Bertz CT molecular complexity index is 4660. The number of rotatable bonds is 13. The van der Waals surface area contributed by atoms with Gasteiger partial charge < -0.3 is 89.9 Å². The van der Waals surface area contributed by atoms with E-state index in [-0.39, 0.29) is 327 Å². The molecule has 0 bridgehead atoms. The van der Waals surface area contributed by atoms with Crippen LogP contribution in [0.4, 0.5) is 5.82 Å². The van der Waals surface area contributed by atoms with E-state index in [4.69, 9.17) is 25.1 Å². The molecular weight excluding hydrogens is 2160 g/mol. The first-order valence-electron chi connectivity index (χ1n) is 52.2. The van der Waals surface area contributed by atoms with Crippen LogP contribution in [0, 0.1) is 120 Å². The largest absolute Gasteiger partial charge is 0.469 e. The molecule has 24 heteroatoms. The first kappa shape index (κ1) is 141. The fourth-order valence-electron chi connectivity index (χ4n) is 18.4. The van der Waals surface area contributed by atoms with E-state index >= 15 is 0 Å². The van der Waals surface area contributed by atoms with Crippen molar-refractivity contribution >= 4 is 77.7 Å². The molecule has 9 atom stereocenters. The van der Waals surface area contributed by atoms with Gasteiger partial charge in [-0.1, -0.05) is 348 Å². The van der Waals surface area contributed by atoms with Gasteiger partial charge in [0.2, 0.25) is 18.0 Å². The van der Waals surface area contributed by atoms with Crippen molar-refractivity contribution < 1.29 is 177 Å². The summed E-state index contributed by atoms with van der Waals surface area (Å²) in [5.41, 5.74) is 9.09. The summed E-state index contributed by atoms with van der Waals surface area (Å²) in [5, 5.41) is 9.57. The van der Waals surface area contributed by atoms with Crippen LogP contribution in [0.5, 0.6) is 0 Å². The molecule has 0 saturated heterocycles. The third-order valence-electron chi connectivity index (χ3n) is 24.8. The first-order chi connectivity index (χ1) is 62.1. The molecule has 0 aliphatic carbocycles. The van der Waals surface area contributed by atoms with E-state index in [2.05, 4.69) is 566 Å². The van der Waals surface area contributed by atoms with Gasteiger partial charge in [0.15, 0.2) is 17.6 Å². The topological polar surface area (TPSA) is 154 Å². The molecule has 0 spiro atoms. The molecule has 10 heterocycles. The number of aliphatic imine (C=N–C) groups is 7. The summed E-state index contributed by atoms with van der Waals surface area (Å²) in [6, 6.07) is 4.52. The Kier molecular flexibility index (Phi) is 48.7. The minimum Gasteiger partial charge on any atom is -0.469 e. The van der Waals surface area contributed by atoms with Crippen molar-refractivity contribution in [1.29, 1.82) is 0 Å². The summed E-state index contributed by atoms with van der Waals surface area (Å²) in [6.07, 6.45) is 46.0. The second kappa shape index (κ2) is 50.0. The summed E-state index contributed by atoms with van der Waals surface area (Å²) >= 11 is 0. The van der Waals surface area contributed by atoms with Crippen LogP contribution in [0.1, 0.15) is 421 Å². The maximum Gasteiger partial charge on any atom is 0.289 e. The van der Waals surface area contributed by atoms with Crippen LogP contribution in [-0.4, -0.2) is 197 Å². The molecule has 0 amide bonds. The van der Waals surface area contributed by atoms with E-state index in [0.717, 1.165) is 57.3 Å². The van der Waals surface area contributed by atoms with E-state index in [9.17, 15) is 0 Å². The monoisotopic (exact) mass is 2370 g/mol. The molecular formula is C121H204N19Y5-7. The van der Waals surface area contributed by atoms with Crippen LogP contribution in [0.15, 0.2) is 106 Å². The number of hydrazone groups is 1. The first-order valence-corrected chi connectivity index (χ1v) is 52.2. The minimum absolute atomic E-state index is 0. The van der Waals surface area contributed by atoms with Crippen molar-refractivity contribution in [3.05, 3.63) is 115 Å². The molecule has 5 radical (unpaired) electrons. The van der Waals surface area contributed by atoms with Crippen LogP contribution in [0.2, 0.25) is 0 Å². The van der Waals surface area contributed by atoms with Crippen molar-refractivity contribution in [3.63, 3.8) is 0 Å². The van der Waals surface area contributed by atoms with E-state index in [1.54, 1.807) is 0 Å². The number of amidine groups is 3. The second-order valence-electron chi connectivity index (χ2n) is 61.5. The average molecular weight is 2370 g/mol. The van der Waals surface area contributed by atoms with Crippen molar-refractivity contribution in [2.75, 3.05) is 4.90 Å². The smallest absolute Gasteiger partial charge is 0.289 e. The summed E-state index contributed by atoms with van der Waals surface area (Å²) < 4.78 is 8.44. The Labute approximate surface area is 1020 Å². The van der Waals surface area contributed by atoms with Gasteiger partial charge >= 0.3 is 0 Å². The molecule has 0 saturated carbocycles. The van der Waals surface area contributed by atoms with Gasteiger partial charge in [-0.2, -0.15) is 38.2 Å². The molecule has 0 aromatic carbocycles. The number of nitrogens with zero attached hydrogens (tertiary/aromatic N) is 19. The zero-order valence-electron chi connectivity index (χ0n) is 104. The Morgan fingerprint density at radius 1 is 0.366 bits per heavy atom. The molecule has 10 rings (SSSR count). The van der Waals surface area contributed by atoms with Crippen LogP contribution < -0.4 is 4.90 Å². The zero-order valence-corrected chi connectivity index (χ0v) is 118. The van der Waals surface area contributed by atoms with Gasteiger partial charge in [0.05, 0.1) is 35.1 Å². The Hall–Kier alpha value is -1.79. The van der Waals surface area contributed by atoms with E-state index in [0.29, 0.717) is 0 Å². The van der Waals surface area contributed by atoms with Crippen molar-refractivity contribution in [2.45, 2.75) is 503 Å². The molecule has 0 N–H and O–H groups in total. The van der Waals surface area contributed by atoms with E-state index < -0.39 is 0 Å². The molecule has 9 unspecified atom stereocenters. The van der Waals surface area contributed by atoms with E-state index in [1.807, 2.05) is 41.6 Å². The minimum atomic E-state index is -0.237. The van der Waals surface area contributed by atoms with E-state index in [1.165, 1.54) is 11.3 Å². The molecule has 805 valence electrons. The predicted molar refractivity (Wildman–Crippen MR) is 606 cm³/mol. The van der Waals surface area contributed by atoms with Gasteiger partial charge in [-0.15, -0.1) is 18.6 Å². The standard InChI is InChI=1S/C25H42N3.C24H41N4.2C24H40N4.C24H41N4.5Y/c1-22(2,3)15-20(24(7,8)9)28(25(10,11)12)18-16-26-21-14-13-19(23(4,5)6)27(21)17-18;1-21(2,3)13-18(22(4,5)6)28(24(10,11)12)17-14-25-19-15-26-20(23(7,8)9)27(19)16-17;1-21(2,3)13-17(23(7,8)9)28(24(10,11)12)18-15-26-20-19(27-18)16(14-25-20)22(4,5)6;1-21(2,3)15-18(23(7,8)9)28(24(10,11)12)19-13-14-27-20(26-19)17(16-25-27)22(4,5)6;1-21(2,3)15-17(22(4,5)6)27(24(10,11)12)20-14-13-19-25-16-18(23(7,8)9)28(19)26-20;;;;;/h13-15,17,20-21H,1-12H3;13,15-16,18-19H,1-12H3;13-14,17,20H,1-12H3;14-16,18H,1-12H3;13,15-17,19H,1-12H3;;;;;/q2*-1;2*-2;-1;;;;;. The van der Waals surface area contributed by atoms with Crippen molar-refractivity contribution in [2.24, 2.45) is 116 Å². The average Bonchev–Trinajstić information content (AvgIpc) is 1.68. The fourth-order valence-corrected chi connectivity index (χ4v) is 18.4.